The molecular weight excluding hydrogens is 413 g/mol. The van der Waals surface area contributed by atoms with Crippen LogP contribution in [-0.4, -0.2) is 42.3 Å². The van der Waals surface area contributed by atoms with Crippen LogP contribution in [0.2, 0.25) is 0 Å². The minimum atomic E-state index is -8.62. The number of halogens is 15. The van der Waals surface area contributed by atoms with Crippen molar-refractivity contribution in [1.29, 1.82) is 0 Å². The zero-order valence-electron chi connectivity index (χ0n) is 10.5. The first-order valence-electron chi connectivity index (χ1n) is 4.99. The molecule has 0 amide bonds. The van der Waals surface area contributed by atoms with Crippen molar-refractivity contribution >= 4 is 5.97 Å². The lowest BCUT2D eigenvalue weighted by Gasteiger charge is -2.50. The summed E-state index contributed by atoms with van der Waals surface area (Å²) in [4.78, 5) is 10.3. The van der Waals surface area contributed by atoms with Crippen molar-refractivity contribution in [3.63, 3.8) is 0 Å². The summed E-state index contributed by atoms with van der Waals surface area (Å²) in [6.45, 7) is 0. The average Bonchev–Trinajstić information content (AvgIpc) is 2.21. The zero-order chi connectivity index (χ0) is 21.1. The lowest BCUT2D eigenvalue weighted by Crippen LogP contribution is -2.81. The zero-order valence-corrected chi connectivity index (χ0v) is 10.5. The third-order valence-electron chi connectivity index (χ3n) is 2.86. The van der Waals surface area contributed by atoms with Gasteiger partial charge < -0.3 is 9.90 Å². The predicted molar refractivity (Wildman–Crippen MR) is 40.4 cm³/mol. The molecule has 0 saturated carbocycles. The van der Waals surface area contributed by atoms with Crippen LogP contribution >= 0.6 is 0 Å². The second-order valence-corrected chi connectivity index (χ2v) is 4.26. The lowest BCUT2D eigenvalue weighted by molar-refractivity contribution is -0.483. The summed E-state index contributed by atoms with van der Waals surface area (Å²) in [6.07, 6.45) is -32.7. The van der Waals surface area contributed by atoms with Crippen LogP contribution in [0.3, 0.4) is 0 Å². The molecule has 150 valence electrons. The fourth-order valence-corrected chi connectivity index (χ4v) is 1.77. The number of carbonyl (C=O) groups is 1. The Labute approximate surface area is 125 Å². The van der Waals surface area contributed by atoms with Crippen LogP contribution in [0.1, 0.15) is 0 Å². The highest BCUT2D eigenvalue weighted by Gasteiger charge is 2.98. The van der Waals surface area contributed by atoms with E-state index in [4.69, 9.17) is 0 Å². The number of aliphatic carboxylic acids is 1. The fraction of sp³-hybridized carbons (Fsp3) is 0.875. The van der Waals surface area contributed by atoms with Crippen LogP contribution in [0.15, 0.2) is 0 Å². The molecule has 0 N–H and O–H groups in total. The van der Waals surface area contributed by atoms with Crippen molar-refractivity contribution in [2.45, 2.75) is 36.3 Å². The molecule has 25 heavy (non-hydrogen) atoms. The van der Waals surface area contributed by atoms with E-state index >= 15 is 0 Å². The summed E-state index contributed by atoms with van der Waals surface area (Å²) in [5.74, 6) is -13.8. The molecule has 0 aliphatic rings. The van der Waals surface area contributed by atoms with Crippen molar-refractivity contribution in [1.82, 2.24) is 0 Å². The third kappa shape index (κ3) is 2.74. The quantitative estimate of drug-likeness (QED) is 0.667. The van der Waals surface area contributed by atoms with Gasteiger partial charge in [0.25, 0.3) is 0 Å². The number of hydrogen-bond acceptors (Lipinski definition) is 2. The Balaban J connectivity index is 7.69. The molecule has 1 atom stereocenters. The van der Waals surface area contributed by atoms with Gasteiger partial charge in [0, 0.05) is 0 Å². The maximum atomic E-state index is 13.5. The van der Waals surface area contributed by atoms with E-state index in [-0.39, 0.29) is 0 Å². The molecule has 0 bridgehead atoms. The first kappa shape index (κ1) is 23.4. The van der Waals surface area contributed by atoms with Gasteiger partial charge in [-0.3, -0.25) is 0 Å². The second kappa shape index (κ2) is 5.46. The molecule has 0 spiro atoms. The lowest BCUT2D eigenvalue weighted by atomic mass is 9.66. The van der Waals surface area contributed by atoms with Crippen molar-refractivity contribution < 1.29 is 75.8 Å². The van der Waals surface area contributed by atoms with E-state index in [9.17, 15) is 75.8 Å². The van der Waals surface area contributed by atoms with E-state index in [1.165, 1.54) is 0 Å². The van der Waals surface area contributed by atoms with Gasteiger partial charge in [0.2, 0.25) is 5.41 Å². The Bertz CT molecular complexity index is 506. The molecule has 2 nitrogen and oxygen atoms in total. The Morgan fingerprint density at radius 3 is 0.920 bits per heavy atom. The van der Waals surface area contributed by atoms with Gasteiger partial charge >= 0.3 is 36.3 Å². The largest absolute Gasteiger partial charge is 0.549 e. The number of alkyl halides is 15. The van der Waals surface area contributed by atoms with Gasteiger partial charge in [-0.15, -0.1) is 0 Å². The van der Waals surface area contributed by atoms with Crippen molar-refractivity contribution in [3.8, 4) is 0 Å². The molecule has 0 aliphatic carbocycles. The van der Waals surface area contributed by atoms with Crippen molar-refractivity contribution in [3.05, 3.63) is 0 Å². The highest BCUT2D eigenvalue weighted by Crippen LogP contribution is 2.69. The molecule has 0 aromatic carbocycles. The van der Waals surface area contributed by atoms with E-state index in [0.717, 1.165) is 0 Å². The van der Waals surface area contributed by atoms with Crippen LogP contribution in [0.25, 0.3) is 0 Å². The summed E-state index contributed by atoms with van der Waals surface area (Å²) in [7, 11) is 0. The maximum absolute atomic E-state index is 13.5. The monoisotopic (exact) mass is 413 g/mol. The van der Waals surface area contributed by atoms with Crippen LogP contribution < -0.4 is 5.11 Å². The smallest absolute Gasteiger partial charge is 0.454 e. The van der Waals surface area contributed by atoms with E-state index in [1.54, 1.807) is 0 Å². The van der Waals surface area contributed by atoms with Crippen molar-refractivity contribution in [2.75, 3.05) is 0 Å². The first-order chi connectivity index (χ1) is 10.4. The maximum Gasteiger partial charge on any atom is 0.454 e. The Morgan fingerprint density at radius 2 is 0.800 bits per heavy atom. The molecule has 17 heteroatoms. The van der Waals surface area contributed by atoms with E-state index < -0.39 is 47.7 Å². The summed E-state index contributed by atoms with van der Waals surface area (Å²) >= 11 is 0. The molecule has 1 unspecified atom stereocenters. The summed E-state index contributed by atoms with van der Waals surface area (Å²) in [5, 5.41) is 10.3. The summed E-state index contributed by atoms with van der Waals surface area (Å²) < 4.78 is 187. The van der Waals surface area contributed by atoms with E-state index in [0.29, 0.717) is 0 Å². The number of carbonyl (C=O) groups excluding carboxylic acids is 1. The third-order valence-corrected chi connectivity index (χ3v) is 2.86. The summed E-state index contributed by atoms with van der Waals surface area (Å²) in [6, 6.07) is 0. The van der Waals surface area contributed by atoms with Gasteiger partial charge in [0.1, 0.15) is 0 Å². The van der Waals surface area contributed by atoms with Gasteiger partial charge in [-0.25, -0.2) is 4.39 Å². The molecule has 0 aromatic rings. The van der Waals surface area contributed by atoms with Gasteiger partial charge in [-0.2, -0.15) is 61.5 Å². The predicted octanol–water partition coefficient (Wildman–Crippen LogP) is 3.32. The minimum Gasteiger partial charge on any atom is -0.549 e. The molecule has 0 fully saturated rings. The van der Waals surface area contributed by atoms with Gasteiger partial charge in [-0.1, -0.05) is 0 Å². The summed E-state index contributed by atoms with van der Waals surface area (Å²) in [5.41, 5.74) is -17.1. The Hall–Kier alpha value is -1.58. The molecule has 0 radical (unpaired) electrons. The van der Waals surface area contributed by atoms with Gasteiger partial charge in [-0.05, 0) is 0 Å². The topological polar surface area (TPSA) is 40.1 Å². The van der Waals surface area contributed by atoms with Gasteiger partial charge in [0.15, 0.2) is 0 Å². The molecular formula is C8F15O2-. The average molecular weight is 413 g/mol. The van der Waals surface area contributed by atoms with Crippen LogP contribution in [0.4, 0.5) is 65.9 Å². The fourth-order valence-electron chi connectivity index (χ4n) is 1.77. The van der Waals surface area contributed by atoms with Gasteiger partial charge in [0.05, 0.1) is 5.97 Å². The number of rotatable bonds is 3. The Kier molecular flexibility index (Phi) is 5.11. The molecule has 0 aromatic heterocycles. The number of carboxylic acid groups (broad SMARTS) is 1. The minimum absolute atomic E-state index is 5.33. The highest BCUT2D eigenvalue weighted by molar-refractivity contribution is 5.78. The van der Waals surface area contributed by atoms with Crippen LogP contribution in [0, 0.1) is 5.41 Å². The normalized spacial score (nSPS) is 18.0. The SMILES string of the molecule is O=C([O-])C(C(F)(F)F)(C(F)(F)C(F)(F)F)C(F)(C(F)(F)F)C(F)(F)F. The second-order valence-electron chi connectivity index (χ2n) is 4.26. The molecule has 0 rings (SSSR count). The standard InChI is InChI=1S/C8HF15O2/c9-3(6(15,16)17,7(18,19)20)2(1(24)25,5(12,13)14)4(10,11)8(21,22)23/h(H,24,25)/p-1. The van der Waals surface area contributed by atoms with Crippen LogP contribution in [-0.2, 0) is 4.79 Å². The molecule has 0 heterocycles. The molecule has 0 saturated heterocycles. The highest BCUT2D eigenvalue weighted by atomic mass is 19.4. The van der Waals surface area contributed by atoms with E-state index in [2.05, 4.69) is 0 Å². The Morgan fingerprint density at radius 1 is 0.520 bits per heavy atom. The van der Waals surface area contributed by atoms with E-state index in [1.807, 2.05) is 0 Å². The van der Waals surface area contributed by atoms with Crippen molar-refractivity contribution in [2.24, 2.45) is 5.41 Å². The van der Waals surface area contributed by atoms with Crippen LogP contribution in [0.5, 0.6) is 0 Å². The number of hydrogen-bond donors (Lipinski definition) is 0. The molecule has 0 aliphatic heterocycles. The first-order valence-corrected chi connectivity index (χ1v) is 4.99. The number of carboxylic acids is 1.